The van der Waals surface area contributed by atoms with Gasteiger partial charge in [-0.3, -0.25) is 4.21 Å². The van der Waals surface area contributed by atoms with Crippen molar-refractivity contribution in [2.45, 2.75) is 18.2 Å². The van der Waals surface area contributed by atoms with Crippen LogP contribution in [0.2, 0.25) is 0 Å². The van der Waals surface area contributed by atoms with Gasteiger partial charge in [0.2, 0.25) is 0 Å². The van der Waals surface area contributed by atoms with Gasteiger partial charge in [0.15, 0.2) is 0 Å². The Bertz CT molecular complexity index is 313. The van der Waals surface area contributed by atoms with Gasteiger partial charge in [-0.1, -0.05) is 6.92 Å². The van der Waals surface area contributed by atoms with E-state index in [4.69, 9.17) is 0 Å². The highest BCUT2D eigenvalue weighted by molar-refractivity contribution is 7.85. The Balaban J connectivity index is 2.37. The third-order valence-electron chi connectivity index (χ3n) is 2.01. The maximum Gasteiger partial charge on any atom is 0.123 e. The van der Waals surface area contributed by atoms with E-state index in [9.17, 15) is 8.60 Å². The maximum atomic E-state index is 12.6. The summed E-state index contributed by atoms with van der Waals surface area (Å²) in [7, 11) is -1.00. The lowest BCUT2D eigenvalue weighted by Crippen LogP contribution is -2.16. The molecule has 4 heteroatoms. The van der Waals surface area contributed by atoms with Crippen LogP contribution in [0.3, 0.4) is 0 Å². The van der Waals surface area contributed by atoms with Crippen LogP contribution in [-0.2, 0) is 10.8 Å². The van der Waals surface area contributed by atoms with Crippen molar-refractivity contribution in [3.63, 3.8) is 0 Å². The van der Waals surface area contributed by atoms with Gasteiger partial charge in [-0.25, -0.2) is 4.39 Å². The number of nitrogens with one attached hydrogen (secondary N) is 1. The van der Waals surface area contributed by atoms with Crippen LogP contribution in [0, 0.1) is 5.82 Å². The minimum absolute atomic E-state index is 0.289. The Morgan fingerprint density at radius 3 is 2.60 bits per heavy atom. The monoisotopic (exact) mass is 229 g/mol. The van der Waals surface area contributed by atoms with Gasteiger partial charge in [0.05, 0.1) is 10.8 Å². The minimum Gasteiger partial charge on any atom is -0.317 e. The van der Waals surface area contributed by atoms with Crippen LogP contribution in [0.15, 0.2) is 29.2 Å². The summed E-state index contributed by atoms with van der Waals surface area (Å²) >= 11 is 0. The Morgan fingerprint density at radius 1 is 1.33 bits per heavy atom. The summed E-state index contributed by atoms with van der Waals surface area (Å²) in [6, 6.07) is 5.85. The van der Waals surface area contributed by atoms with Gasteiger partial charge in [-0.05, 0) is 43.8 Å². The summed E-state index contributed by atoms with van der Waals surface area (Å²) in [5.41, 5.74) is 0. The van der Waals surface area contributed by atoms with E-state index < -0.39 is 10.8 Å². The molecule has 0 spiro atoms. The molecule has 0 saturated carbocycles. The highest BCUT2D eigenvalue weighted by Gasteiger charge is 2.02. The molecule has 1 aromatic carbocycles. The van der Waals surface area contributed by atoms with Gasteiger partial charge in [0.1, 0.15) is 5.82 Å². The maximum absolute atomic E-state index is 12.6. The molecule has 0 aliphatic heterocycles. The lowest BCUT2D eigenvalue weighted by Gasteiger charge is -2.02. The molecule has 0 saturated heterocycles. The van der Waals surface area contributed by atoms with E-state index in [2.05, 4.69) is 5.32 Å². The van der Waals surface area contributed by atoms with Crippen molar-refractivity contribution in [3.05, 3.63) is 30.1 Å². The standard InChI is InChI=1S/C11H16FNOS/c1-2-13-8-3-9-15(14)11-6-4-10(12)5-7-11/h4-7,13H,2-3,8-9H2,1H3. The zero-order valence-electron chi connectivity index (χ0n) is 8.83. The van der Waals surface area contributed by atoms with Crippen LogP contribution in [0.25, 0.3) is 0 Å². The van der Waals surface area contributed by atoms with Crippen molar-refractivity contribution in [1.82, 2.24) is 5.32 Å². The quantitative estimate of drug-likeness (QED) is 0.755. The molecule has 0 amide bonds. The molecule has 0 aliphatic carbocycles. The Kier molecular flexibility index (Phi) is 5.50. The SMILES string of the molecule is CCNCCCS(=O)c1ccc(F)cc1. The fraction of sp³-hybridized carbons (Fsp3) is 0.455. The molecule has 84 valence electrons. The van der Waals surface area contributed by atoms with Crippen LogP contribution < -0.4 is 5.32 Å². The van der Waals surface area contributed by atoms with Gasteiger partial charge >= 0.3 is 0 Å². The van der Waals surface area contributed by atoms with Crippen molar-refractivity contribution < 1.29 is 8.60 Å². The van der Waals surface area contributed by atoms with Gasteiger partial charge in [-0.2, -0.15) is 0 Å². The van der Waals surface area contributed by atoms with E-state index in [-0.39, 0.29) is 5.82 Å². The largest absolute Gasteiger partial charge is 0.317 e. The molecule has 1 unspecified atom stereocenters. The molecule has 0 aliphatic rings. The first-order chi connectivity index (χ1) is 7.24. The normalized spacial score (nSPS) is 12.7. The first kappa shape index (κ1) is 12.3. The Labute approximate surface area is 92.3 Å². The van der Waals surface area contributed by atoms with Crippen LogP contribution in [0.1, 0.15) is 13.3 Å². The van der Waals surface area contributed by atoms with E-state index >= 15 is 0 Å². The van der Waals surface area contributed by atoms with Gasteiger partial charge in [0.25, 0.3) is 0 Å². The third-order valence-corrected chi connectivity index (χ3v) is 3.47. The van der Waals surface area contributed by atoms with E-state index in [1.165, 1.54) is 12.1 Å². The van der Waals surface area contributed by atoms with E-state index in [1.54, 1.807) is 12.1 Å². The van der Waals surface area contributed by atoms with Crippen molar-refractivity contribution in [1.29, 1.82) is 0 Å². The second-order valence-corrected chi connectivity index (χ2v) is 4.78. The molecule has 0 radical (unpaired) electrons. The average Bonchev–Trinajstić information content (AvgIpc) is 2.25. The predicted molar refractivity (Wildman–Crippen MR) is 60.8 cm³/mol. The van der Waals surface area contributed by atoms with Crippen molar-refractivity contribution in [2.24, 2.45) is 0 Å². The van der Waals surface area contributed by atoms with Crippen LogP contribution in [0.4, 0.5) is 4.39 Å². The van der Waals surface area contributed by atoms with Gasteiger partial charge < -0.3 is 5.32 Å². The van der Waals surface area contributed by atoms with E-state index in [0.29, 0.717) is 10.6 Å². The van der Waals surface area contributed by atoms with Crippen molar-refractivity contribution >= 4 is 10.8 Å². The molecule has 0 fully saturated rings. The fourth-order valence-corrected chi connectivity index (χ4v) is 2.29. The third kappa shape index (κ3) is 4.53. The molecule has 0 heterocycles. The number of hydrogen-bond donors (Lipinski definition) is 1. The van der Waals surface area contributed by atoms with Crippen molar-refractivity contribution in [3.8, 4) is 0 Å². The Morgan fingerprint density at radius 2 is 2.00 bits per heavy atom. The topological polar surface area (TPSA) is 29.1 Å². The molecule has 1 atom stereocenters. The minimum atomic E-state index is -1.00. The van der Waals surface area contributed by atoms with E-state index in [0.717, 1.165) is 19.5 Å². The summed E-state index contributed by atoms with van der Waals surface area (Å²) in [6.45, 7) is 3.85. The molecule has 1 N–H and O–H groups in total. The van der Waals surface area contributed by atoms with Crippen LogP contribution in [0.5, 0.6) is 0 Å². The number of hydrogen-bond acceptors (Lipinski definition) is 2. The number of benzene rings is 1. The predicted octanol–water partition coefficient (Wildman–Crippen LogP) is 1.93. The number of halogens is 1. The highest BCUT2D eigenvalue weighted by Crippen LogP contribution is 2.08. The van der Waals surface area contributed by atoms with Crippen molar-refractivity contribution in [2.75, 3.05) is 18.8 Å². The molecule has 2 nitrogen and oxygen atoms in total. The van der Waals surface area contributed by atoms with Gasteiger partial charge in [-0.15, -0.1) is 0 Å². The second kappa shape index (κ2) is 6.69. The fourth-order valence-electron chi connectivity index (χ4n) is 1.21. The zero-order valence-corrected chi connectivity index (χ0v) is 9.65. The summed E-state index contributed by atoms with van der Waals surface area (Å²) in [5, 5.41) is 3.17. The molecular formula is C11H16FNOS. The summed E-state index contributed by atoms with van der Waals surface area (Å²) in [6.07, 6.45) is 0.873. The number of rotatable bonds is 6. The first-order valence-electron chi connectivity index (χ1n) is 5.08. The Hall–Kier alpha value is -0.740. The molecule has 1 rings (SSSR count). The van der Waals surface area contributed by atoms with Gasteiger partial charge in [0, 0.05) is 10.6 Å². The lowest BCUT2D eigenvalue weighted by molar-refractivity contribution is 0.626. The highest BCUT2D eigenvalue weighted by atomic mass is 32.2. The molecular weight excluding hydrogens is 213 g/mol. The molecule has 15 heavy (non-hydrogen) atoms. The second-order valence-electron chi connectivity index (χ2n) is 3.21. The van der Waals surface area contributed by atoms with E-state index in [1.807, 2.05) is 6.92 Å². The molecule has 0 aromatic heterocycles. The molecule has 0 bridgehead atoms. The molecule has 1 aromatic rings. The first-order valence-corrected chi connectivity index (χ1v) is 6.40. The summed E-state index contributed by atoms with van der Waals surface area (Å²) in [4.78, 5) is 0.702. The lowest BCUT2D eigenvalue weighted by atomic mass is 10.4. The smallest absolute Gasteiger partial charge is 0.123 e. The average molecular weight is 229 g/mol. The summed E-state index contributed by atoms with van der Waals surface area (Å²) < 4.78 is 24.3. The zero-order chi connectivity index (χ0) is 11.1. The van der Waals surface area contributed by atoms with Crippen LogP contribution in [-0.4, -0.2) is 23.1 Å². The van der Waals surface area contributed by atoms with Crippen LogP contribution >= 0.6 is 0 Å². The summed E-state index contributed by atoms with van der Waals surface area (Å²) in [5.74, 6) is 0.335.